The first-order valence-corrected chi connectivity index (χ1v) is 7.54. The third kappa shape index (κ3) is 3.51. The quantitative estimate of drug-likeness (QED) is 0.900. The van der Waals surface area contributed by atoms with E-state index in [4.69, 9.17) is 4.52 Å². The number of carbonyl (C=O) groups excluding carboxylic acids is 1. The van der Waals surface area contributed by atoms with Gasteiger partial charge in [0.1, 0.15) is 0 Å². The molecule has 1 fully saturated rings. The summed E-state index contributed by atoms with van der Waals surface area (Å²) in [6.07, 6.45) is 4.11. The van der Waals surface area contributed by atoms with E-state index < -0.39 is 0 Å². The minimum atomic E-state index is -0.334. The summed E-state index contributed by atoms with van der Waals surface area (Å²) in [5.74, 6) is 0.509. The van der Waals surface area contributed by atoms with Gasteiger partial charge in [0.05, 0.1) is 6.10 Å². The molecule has 3 rings (SSSR count). The normalized spacial score (nSPS) is 21.5. The molecule has 22 heavy (non-hydrogen) atoms. The van der Waals surface area contributed by atoms with Crippen molar-refractivity contribution in [1.29, 1.82) is 0 Å². The van der Waals surface area contributed by atoms with Crippen molar-refractivity contribution in [2.75, 3.05) is 0 Å². The summed E-state index contributed by atoms with van der Waals surface area (Å²) in [4.78, 5) is 16.1. The molecule has 6 heteroatoms. The lowest BCUT2D eigenvalue weighted by molar-refractivity contribution is -0.127. The van der Waals surface area contributed by atoms with Crippen molar-refractivity contribution in [3.63, 3.8) is 0 Å². The lowest BCUT2D eigenvalue weighted by atomic mass is 9.86. The van der Waals surface area contributed by atoms with E-state index in [-0.39, 0.29) is 17.9 Å². The highest BCUT2D eigenvalue weighted by atomic mass is 16.5. The van der Waals surface area contributed by atoms with Crippen LogP contribution in [0.2, 0.25) is 0 Å². The number of aliphatic hydroxyl groups excluding tert-OH is 1. The van der Waals surface area contributed by atoms with E-state index in [1.54, 1.807) is 0 Å². The van der Waals surface area contributed by atoms with Gasteiger partial charge in [-0.15, -0.1) is 0 Å². The molecule has 1 saturated carbocycles. The molecule has 1 aromatic carbocycles. The zero-order valence-corrected chi connectivity index (χ0v) is 12.2. The molecule has 2 aromatic rings. The summed E-state index contributed by atoms with van der Waals surface area (Å²) in [6.45, 7) is 0.484. The Bertz CT molecular complexity index is 610. The number of rotatable bonds is 4. The Balaban J connectivity index is 1.54. The third-order valence-electron chi connectivity index (χ3n) is 4.06. The monoisotopic (exact) mass is 301 g/mol. The summed E-state index contributed by atoms with van der Waals surface area (Å²) >= 11 is 0. The summed E-state index contributed by atoms with van der Waals surface area (Å²) in [6, 6.07) is 7.66. The van der Waals surface area contributed by atoms with Gasteiger partial charge in [-0.25, -0.2) is 0 Å². The molecule has 1 aliphatic rings. The Morgan fingerprint density at radius 3 is 2.82 bits per heavy atom. The largest absolute Gasteiger partial charge is 0.393 e. The van der Waals surface area contributed by atoms with Gasteiger partial charge in [0.15, 0.2) is 0 Å². The molecule has 2 atom stereocenters. The summed E-state index contributed by atoms with van der Waals surface area (Å²) in [7, 11) is 0. The van der Waals surface area contributed by atoms with E-state index in [0.717, 1.165) is 30.4 Å². The van der Waals surface area contributed by atoms with Crippen molar-refractivity contribution in [2.45, 2.75) is 38.3 Å². The van der Waals surface area contributed by atoms with Crippen molar-refractivity contribution in [3.05, 3.63) is 36.2 Å². The average Bonchev–Trinajstić information content (AvgIpc) is 3.07. The van der Waals surface area contributed by atoms with Gasteiger partial charge in [0, 0.05) is 18.0 Å². The van der Waals surface area contributed by atoms with Gasteiger partial charge < -0.3 is 14.9 Å². The Labute approximate surface area is 128 Å². The van der Waals surface area contributed by atoms with Crippen molar-refractivity contribution >= 4 is 5.91 Å². The molecule has 2 N–H and O–H groups in total. The van der Waals surface area contributed by atoms with Gasteiger partial charge in [0.25, 0.3) is 0 Å². The molecule has 6 nitrogen and oxygen atoms in total. The highest BCUT2D eigenvalue weighted by molar-refractivity contribution is 5.78. The number of hydrogen-bond donors (Lipinski definition) is 2. The molecular weight excluding hydrogens is 282 g/mol. The van der Waals surface area contributed by atoms with Gasteiger partial charge in [0.2, 0.25) is 18.1 Å². The molecule has 0 spiro atoms. The number of amides is 1. The summed E-state index contributed by atoms with van der Waals surface area (Å²) < 4.78 is 4.72. The number of nitrogens with zero attached hydrogens (tertiary/aromatic N) is 2. The summed E-state index contributed by atoms with van der Waals surface area (Å²) in [5, 5.41) is 16.4. The molecule has 116 valence electrons. The highest BCUT2D eigenvalue weighted by Gasteiger charge is 2.25. The fraction of sp³-hybridized carbons (Fsp3) is 0.438. The van der Waals surface area contributed by atoms with E-state index in [1.165, 1.54) is 6.39 Å². The van der Waals surface area contributed by atoms with Crippen molar-refractivity contribution in [2.24, 2.45) is 5.92 Å². The lowest BCUT2D eigenvalue weighted by Gasteiger charge is -2.24. The third-order valence-corrected chi connectivity index (χ3v) is 4.06. The smallest absolute Gasteiger partial charge is 0.223 e. The Morgan fingerprint density at radius 1 is 1.32 bits per heavy atom. The van der Waals surface area contributed by atoms with Crippen LogP contribution in [0.25, 0.3) is 11.4 Å². The Hall–Kier alpha value is -2.21. The predicted octanol–water partition coefficient (Wildman–Crippen LogP) is 1.90. The Morgan fingerprint density at radius 2 is 2.14 bits per heavy atom. The van der Waals surface area contributed by atoms with Crippen LogP contribution in [0, 0.1) is 5.92 Å². The van der Waals surface area contributed by atoms with Crippen LogP contribution in [0.1, 0.15) is 31.2 Å². The first-order valence-electron chi connectivity index (χ1n) is 7.54. The molecular formula is C16H19N3O3. The second kappa shape index (κ2) is 6.70. The first kappa shape index (κ1) is 14.7. The molecule has 0 unspecified atom stereocenters. The van der Waals surface area contributed by atoms with Crippen molar-refractivity contribution in [1.82, 2.24) is 15.5 Å². The number of carbonyl (C=O) groups is 1. The fourth-order valence-corrected chi connectivity index (χ4v) is 2.81. The van der Waals surface area contributed by atoms with Crippen LogP contribution in [-0.4, -0.2) is 27.3 Å². The maximum Gasteiger partial charge on any atom is 0.223 e. The highest BCUT2D eigenvalue weighted by Crippen LogP contribution is 2.24. The molecule has 1 amide bonds. The molecule has 0 radical (unpaired) electrons. The van der Waals surface area contributed by atoms with Crippen LogP contribution >= 0.6 is 0 Å². The van der Waals surface area contributed by atoms with Gasteiger partial charge in [-0.1, -0.05) is 35.8 Å². The van der Waals surface area contributed by atoms with Crippen LogP contribution < -0.4 is 5.32 Å². The number of benzene rings is 1. The lowest BCUT2D eigenvalue weighted by Crippen LogP contribution is -2.34. The van der Waals surface area contributed by atoms with Crippen LogP contribution in [0.5, 0.6) is 0 Å². The minimum absolute atomic E-state index is 0.0287. The SMILES string of the molecule is O=C(NCc1ccc(-c2ncon2)cc1)[C@H]1CCC[C@@H](O)C1. The molecule has 0 aliphatic heterocycles. The summed E-state index contributed by atoms with van der Waals surface area (Å²) in [5.41, 5.74) is 1.89. The second-order valence-corrected chi connectivity index (χ2v) is 5.69. The van der Waals surface area contributed by atoms with E-state index in [0.29, 0.717) is 18.8 Å². The van der Waals surface area contributed by atoms with Gasteiger partial charge >= 0.3 is 0 Å². The number of aliphatic hydroxyl groups is 1. The molecule has 1 aromatic heterocycles. The zero-order chi connectivity index (χ0) is 15.4. The van der Waals surface area contributed by atoms with E-state index in [2.05, 4.69) is 15.5 Å². The van der Waals surface area contributed by atoms with Crippen LogP contribution in [-0.2, 0) is 11.3 Å². The molecule has 0 bridgehead atoms. The molecule has 0 saturated heterocycles. The number of nitrogens with one attached hydrogen (secondary N) is 1. The van der Waals surface area contributed by atoms with Crippen molar-refractivity contribution < 1.29 is 14.4 Å². The van der Waals surface area contributed by atoms with Gasteiger partial charge in [-0.2, -0.15) is 4.98 Å². The van der Waals surface area contributed by atoms with Crippen LogP contribution in [0.4, 0.5) is 0 Å². The van der Waals surface area contributed by atoms with Gasteiger partial charge in [-0.3, -0.25) is 4.79 Å². The fourth-order valence-electron chi connectivity index (χ4n) is 2.81. The average molecular weight is 301 g/mol. The van der Waals surface area contributed by atoms with E-state index in [9.17, 15) is 9.90 Å². The molecule has 1 aliphatic carbocycles. The van der Waals surface area contributed by atoms with Crippen LogP contribution in [0.15, 0.2) is 35.2 Å². The standard InChI is InChI=1S/C16H19N3O3/c20-14-3-1-2-13(8-14)16(21)17-9-11-4-6-12(7-5-11)15-18-10-22-19-15/h4-7,10,13-14,20H,1-3,8-9H2,(H,17,21)/t13-,14+/m0/s1. The topological polar surface area (TPSA) is 88.3 Å². The van der Waals surface area contributed by atoms with Crippen LogP contribution in [0.3, 0.4) is 0 Å². The first-order chi connectivity index (χ1) is 10.7. The second-order valence-electron chi connectivity index (χ2n) is 5.69. The van der Waals surface area contributed by atoms with E-state index >= 15 is 0 Å². The van der Waals surface area contributed by atoms with Gasteiger partial charge in [-0.05, 0) is 24.8 Å². The minimum Gasteiger partial charge on any atom is -0.393 e. The molecule has 1 heterocycles. The zero-order valence-electron chi connectivity index (χ0n) is 12.2. The number of hydrogen-bond acceptors (Lipinski definition) is 5. The van der Waals surface area contributed by atoms with E-state index in [1.807, 2.05) is 24.3 Å². The maximum atomic E-state index is 12.1. The van der Waals surface area contributed by atoms with Crippen molar-refractivity contribution in [3.8, 4) is 11.4 Å². The predicted molar refractivity (Wildman–Crippen MR) is 79.5 cm³/mol. The Kier molecular flexibility index (Phi) is 4.48. The maximum absolute atomic E-state index is 12.1. The number of aromatic nitrogens is 2.